The number of carbonyl (C=O) groups excluding carboxylic acids is 1. The molecule has 0 atom stereocenters. The number of allylic oxidation sites excluding steroid dienone is 2. The van der Waals surface area contributed by atoms with E-state index in [4.69, 9.17) is 0 Å². The highest BCUT2D eigenvalue weighted by Gasteiger charge is 2.25. The number of ketones is 1. The molecule has 0 bridgehead atoms. The summed E-state index contributed by atoms with van der Waals surface area (Å²) in [6.07, 6.45) is 0. The van der Waals surface area contributed by atoms with Crippen molar-refractivity contribution >= 4 is 11.5 Å². The summed E-state index contributed by atoms with van der Waals surface area (Å²) in [7, 11) is 0. The number of fused-ring (bicyclic) bond motifs is 1. The van der Waals surface area contributed by atoms with Gasteiger partial charge in [-0.05, 0) is 19.4 Å². The van der Waals surface area contributed by atoms with E-state index in [0.29, 0.717) is 28.0 Å². The summed E-state index contributed by atoms with van der Waals surface area (Å²) in [4.78, 5) is 22.2. The average molecular weight is 214 g/mol. The van der Waals surface area contributed by atoms with E-state index in [1.54, 1.807) is 38.1 Å². The fourth-order valence-corrected chi connectivity index (χ4v) is 1.81. The number of nitrogens with zero attached hydrogens (tertiary/aromatic N) is 2. The molecule has 1 aliphatic carbocycles. The molecule has 0 aromatic heterocycles. The van der Waals surface area contributed by atoms with Crippen LogP contribution in [-0.4, -0.2) is 11.5 Å². The molecule has 0 spiro atoms. The Morgan fingerprint density at radius 2 is 1.62 bits per heavy atom. The molecule has 4 nitrogen and oxygen atoms in total. The van der Waals surface area contributed by atoms with E-state index >= 15 is 0 Å². The van der Waals surface area contributed by atoms with Gasteiger partial charge in [-0.2, -0.15) is 0 Å². The molecule has 0 fully saturated rings. The first-order chi connectivity index (χ1) is 7.66. The third kappa shape index (κ3) is 1.39. The van der Waals surface area contributed by atoms with Crippen LogP contribution >= 0.6 is 0 Å². The number of benzene rings is 1. The molecule has 0 saturated carbocycles. The van der Waals surface area contributed by atoms with Crippen LogP contribution in [-0.2, 0) is 0 Å². The quantitative estimate of drug-likeness (QED) is 0.533. The van der Waals surface area contributed by atoms with Crippen molar-refractivity contribution in [2.75, 3.05) is 0 Å². The Kier molecular flexibility index (Phi) is 2.48. The lowest BCUT2D eigenvalue weighted by Gasteiger charge is -2.18. The van der Waals surface area contributed by atoms with Crippen molar-refractivity contribution < 1.29 is 4.79 Å². The summed E-state index contributed by atoms with van der Waals surface area (Å²) in [5.74, 6) is -0.0158. The van der Waals surface area contributed by atoms with Gasteiger partial charge in [0, 0.05) is 16.7 Å². The maximum absolute atomic E-state index is 12.0. The highest BCUT2D eigenvalue weighted by Crippen LogP contribution is 2.26. The van der Waals surface area contributed by atoms with Gasteiger partial charge in [0.05, 0.1) is 5.29 Å². The summed E-state index contributed by atoms with van der Waals surface area (Å²) in [5, 5.41) is 6.13. The Balaban J connectivity index is 2.76. The topological polar surface area (TPSA) is 58.9 Å². The van der Waals surface area contributed by atoms with Crippen LogP contribution in [0.15, 0.2) is 45.8 Å². The third-order valence-corrected chi connectivity index (χ3v) is 2.83. The second-order valence-corrected chi connectivity index (χ2v) is 3.65. The van der Waals surface area contributed by atoms with Crippen LogP contribution in [0, 0.1) is 4.91 Å². The summed E-state index contributed by atoms with van der Waals surface area (Å²) in [6, 6.07) is 7.10. The van der Waals surface area contributed by atoms with E-state index in [1.165, 1.54) is 0 Å². The van der Waals surface area contributed by atoms with Crippen LogP contribution in [0.4, 0.5) is 0 Å². The predicted octanol–water partition coefficient (Wildman–Crippen LogP) is 2.69. The smallest absolute Gasteiger partial charge is 0.189 e. The SMILES string of the molecule is CC1=C(C)/C(=N/N=O)c2ccccc2C1=O. The molecule has 0 aliphatic heterocycles. The average Bonchev–Trinajstić information content (AvgIpc) is 2.32. The van der Waals surface area contributed by atoms with Gasteiger partial charge in [0.15, 0.2) is 5.78 Å². The van der Waals surface area contributed by atoms with E-state index < -0.39 is 0 Å². The summed E-state index contributed by atoms with van der Waals surface area (Å²) in [6.45, 7) is 3.50. The standard InChI is InChI=1S/C12H10N2O2/c1-7-8(2)12(15)10-6-4-3-5-9(10)11(7)13-14-16/h3-6H,1-2H3/b13-11-. The van der Waals surface area contributed by atoms with Gasteiger partial charge in [-0.1, -0.05) is 24.3 Å². The molecule has 4 heteroatoms. The summed E-state index contributed by atoms with van der Waals surface area (Å²) >= 11 is 0. The highest BCUT2D eigenvalue weighted by molar-refractivity contribution is 6.28. The van der Waals surface area contributed by atoms with Gasteiger partial charge in [-0.25, -0.2) is 0 Å². The number of carbonyl (C=O) groups is 1. The Labute approximate surface area is 92.6 Å². The Hall–Kier alpha value is -2.10. The van der Waals surface area contributed by atoms with E-state index in [2.05, 4.69) is 10.4 Å². The van der Waals surface area contributed by atoms with E-state index in [9.17, 15) is 9.70 Å². The van der Waals surface area contributed by atoms with Gasteiger partial charge in [0.1, 0.15) is 5.71 Å². The van der Waals surface area contributed by atoms with Crippen LogP contribution < -0.4 is 0 Å². The largest absolute Gasteiger partial charge is 0.289 e. The molecule has 16 heavy (non-hydrogen) atoms. The molecule has 0 saturated heterocycles. The van der Waals surface area contributed by atoms with Crippen LogP contribution in [0.1, 0.15) is 29.8 Å². The summed E-state index contributed by atoms with van der Waals surface area (Å²) in [5.41, 5.74) is 3.07. The lowest BCUT2D eigenvalue weighted by Crippen LogP contribution is -2.19. The van der Waals surface area contributed by atoms with Gasteiger partial charge >= 0.3 is 0 Å². The molecule has 0 heterocycles. The van der Waals surface area contributed by atoms with Crippen molar-refractivity contribution in [2.24, 2.45) is 10.4 Å². The third-order valence-electron chi connectivity index (χ3n) is 2.83. The van der Waals surface area contributed by atoms with Crippen molar-refractivity contribution in [3.63, 3.8) is 0 Å². The first-order valence-electron chi connectivity index (χ1n) is 4.89. The van der Waals surface area contributed by atoms with Crippen LogP contribution in [0.2, 0.25) is 0 Å². The Morgan fingerprint density at radius 3 is 2.25 bits per heavy atom. The molecule has 0 amide bonds. The van der Waals surface area contributed by atoms with E-state index in [1.807, 2.05) is 0 Å². The lowest BCUT2D eigenvalue weighted by atomic mass is 9.85. The molecule has 0 radical (unpaired) electrons. The molecule has 0 N–H and O–H groups in total. The van der Waals surface area contributed by atoms with Crippen LogP contribution in [0.25, 0.3) is 0 Å². The molecule has 1 aromatic rings. The second-order valence-electron chi connectivity index (χ2n) is 3.65. The van der Waals surface area contributed by atoms with Gasteiger partial charge < -0.3 is 0 Å². The maximum Gasteiger partial charge on any atom is 0.189 e. The van der Waals surface area contributed by atoms with Crippen molar-refractivity contribution in [3.05, 3.63) is 51.4 Å². The second kappa shape index (κ2) is 3.81. The molecular formula is C12H10N2O2. The maximum atomic E-state index is 12.0. The van der Waals surface area contributed by atoms with E-state index in [-0.39, 0.29) is 5.78 Å². The zero-order valence-corrected chi connectivity index (χ0v) is 9.02. The number of nitroso groups, excluding NO2 is 1. The van der Waals surface area contributed by atoms with E-state index in [0.717, 1.165) is 0 Å². The molecule has 80 valence electrons. The monoisotopic (exact) mass is 214 g/mol. The molecule has 1 aromatic carbocycles. The van der Waals surface area contributed by atoms with Gasteiger partial charge in [-0.3, -0.25) is 4.79 Å². The normalized spacial score (nSPS) is 17.6. The van der Waals surface area contributed by atoms with Crippen molar-refractivity contribution in [2.45, 2.75) is 13.8 Å². The minimum absolute atomic E-state index is 0.0158. The fourth-order valence-electron chi connectivity index (χ4n) is 1.81. The van der Waals surface area contributed by atoms with Crippen LogP contribution in [0.3, 0.4) is 0 Å². The molecule has 1 aliphatic rings. The minimum Gasteiger partial charge on any atom is -0.289 e. The van der Waals surface area contributed by atoms with Crippen molar-refractivity contribution in [1.29, 1.82) is 0 Å². The van der Waals surface area contributed by atoms with Crippen molar-refractivity contribution in [1.82, 2.24) is 0 Å². The molecular weight excluding hydrogens is 204 g/mol. The van der Waals surface area contributed by atoms with Gasteiger partial charge in [0.2, 0.25) is 0 Å². The number of rotatable bonds is 1. The zero-order chi connectivity index (χ0) is 11.7. The predicted molar refractivity (Wildman–Crippen MR) is 61.5 cm³/mol. The van der Waals surface area contributed by atoms with Crippen molar-refractivity contribution in [3.8, 4) is 0 Å². The van der Waals surface area contributed by atoms with Gasteiger partial charge in [-0.15, -0.1) is 10.0 Å². The Morgan fingerprint density at radius 1 is 1.00 bits per heavy atom. The first kappa shape index (κ1) is 10.4. The molecule has 0 unspecified atom stereocenters. The highest BCUT2D eigenvalue weighted by atomic mass is 16.3. The van der Waals surface area contributed by atoms with Gasteiger partial charge in [0.25, 0.3) is 0 Å². The molecule has 2 rings (SSSR count). The minimum atomic E-state index is -0.0158. The fraction of sp³-hybridized carbons (Fsp3) is 0.167. The number of Topliss-reactive ketones (excluding diaryl/α,β-unsaturated/α-hetero) is 1. The number of hydrogen-bond donors (Lipinski definition) is 0. The first-order valence-corrected chi connectivity index (χ1v) is 4.89. The zero-order valence-electron chi connectivity index (χ0n) is 9.02. The lowest BCUT2D eigenvalue weighted by molar-refractivity contribution is 0.103. The number of hydrogen-bond acceptors (Lipinski definition) is 3. The van der Waals surface area contributed by atoms with Crippen LogP contribution in [0.5, 0.6) is 0 Å². The summed E-state index contributed by atoms with van der Waals surface area (Å²) < 4.78 is 0. The Bertz CT molecular complexity index is 542.